The van der Waals surface area contributed by atoms with Gasteiger partial charge in [0.1, 0.15) is 12.6 Å². The SMILES string of the molecule is Cc1cc(C)c(S(=O)(=O)N[C@@H](Cc2ccc(-c3cccc(C[NH2+]c4ccccn4)c3)cc2)C(=O)O)c(C)c1. The number of aromatic nitrogens is 1. The maximum absolute atomic E-state index is 13.1. The minimum atomic E-state index is -4.02. The fourth-order valence-corrected chi connectivity index (χ4v) is 6.32. The van der Waals surface area contributed by atoms with Crippen LogP contribution in [-0.4, -0.2) is 30.5 Å². The molecular weight excluding hydrogens is 498 g/mol. The number of aryl methyl sites for hydroxylation is 3. The number of benzene rings is 3. The van der Waals surface area contributed by atoms with E-state index in [4.69, 9.17) is 0 Å². The Balaban J connectivity index is 1.47. The maximum Gasteiger partial charge on any atom is 0.322 e. The predicted molar refractivity (Wildman–Crippen MR) is 148 cm³/mol. The van der Waals surface area contributed by atoms with Crippen LogP contribution in [0, 0.1) is 20.8 Å². The van der Waals surface area contributed by atoms with E-state index in [1.54, 1.807) is 32.2 Å². The lowest BCUT2D eigenvalue weighted by molar-refractivity contribution is -0.592. The molecule has 0 fully saturated rings. The number of rotatable bonds is 10. The zero-order chi connectivity index (χ0) is 27.3. The minimum absolute atomic E-state index is 0.0257. The molecular formula is C30H32N3O4S+. The molecule has 3 aromatic carbocycles. The zero-order valence-corrected chi connectivity index (χ0v) is 22.5. The van der Waals surface area contributed by atoms with Gasteiger partial charge >= 0.3 is 5.97 Å². The number of quaternary nitrogens is 1. The van der Waals surface area contributed by atoms with Crippen molar-refractivity contribution in [2.24, 2.45) is 0 Å². The first kappa shape index (κ1) is 27.2. The molecule has 1 atom stereocenters. The zero-order valence-electron chi connectivity index (χ0n) is 21.7. The van der Waals surface area contributed by atoms with E-state index in [1.807, 2.05) is 61.5 Å². The molecule has 0 aliphatic heterocycles. The number of carbonyl (C=O) groups is 1. The number of hydrogen-bond donors (Lipinski definition) is 3. The molecule has 0 saturated heterocycles. The number of carboxylic acids is 1. The van der Waals surface area contributed by atoms with Crippen molar-refractivity contribution in [3.05, 3.63) is 113 Å². The molecule has 1 aromatic heterocycles. The van der Waals surface area contributed by atoms with Gasteiger partial charge in [0.2, 0.25) is 15.8 Å². The van der Waals surface area contributed by atoms with E-state index in [-0.39, 0.29) is 11.3 Å². The van der Waals surface area contributed by atoms with Crippen LogP contribution in [0.15, 0.2) is 90.0 Å². The number of nitrogens with one attached hydrogen (secondary N) is 1. The van der Waals surface area contributed by atoms with Gasteiger partial charge in [-0.15, -0.1) is 0 Å². The molecule has 196 valence electrons. The Labute approximate surface area is 223 Å². The lowest BCUT2D eigenvalue weighted by Gasteiger charge is -2.18. The third-order valence-electron chi connectivity index (χ3n) is 6.36. The Bertz CT molecular complexity index is 1510. The van der Waals surface area contributed by atoms with Gasteiger partial charge < -0.3 is 5.11 Å². The van der Waals surface area contributed by atoms with Gasteiger partial charge in [0.05, 0.1) is 4.90 Å². The summed E-state index contributed by atoms with van der Waals surface area (Å²) in [6, 6.07) is 23.8. The second-order valence-electron chi connectivity index (χ2n) is 9.50. The third-order valence-corrected chi connectivity index (χ3v) is 8.13. The minimum Gasteiger partial charge on any atom is -0.480 e. The van der Waals surface area contributed by atoms with Crippen molar-refractivity contribution in [2.45, 2.75) is 44.7 Å². The fourth-order valence-electron chi connectivity index (χ4n) is 4.68. The summed E-state index contributed by atoms with van der Waals surface area (Å²) in [5, 5.41) is 11.9. The number of sulfonamides is 1. The maximum atomic E-state index is 13.1. The lowest BCUT2D eigenvalue weighted by Crippen LogP contribution is -2.76. The second-order valence-corrected chi connectivity index (χ2v) is 11.2. The summed E-state index contributed by atoms with van der Waals surface area (Å²) in [5.74, 6) is -0.296. The number of pyridine rings is 1. The largest absolute Gasteiger partial charge is 0.480 e. The van der Waals surface area contributed by atoms with Crippen molar-refractivity contribution >= 4 is 21.8 Å². The topological polar surface area (TPSA) is 113 Å². The molecule has 0 amide bonds. The van der Waals surface area contributed by atoms with Crippen molar-refractivity contribution in [3.8, 4) is 11.1 Å². The summed E-state index contributed by atoms with van der Waals surface area (Å²) >= 11 is 0. The molecule has 0 bridgehead atoms. The van der Waals surface area contributed by atoms with Crippen LogP contribution in [-0.2, 0) is 27.8 Å². The van der Waals surface area contributed by atoms with Crippen molar-refractivity contribution in [1.82, 2.24) is 9.71 Å². The van der Waals surface area contributed by atoms with Crippen LogP contribution in [0.4, 0.5) is 5.82 Å². The van der Waals surface area contributed by atoms with E-state index in [9.17, 15) is 18.3 Å². The Morgan fingerprint density at radius 1 is 0.895 bits per heavy atom. The highest BCUT2D eigenvalue weighted by atomic mass is 32.2. The van der Waals surface area contributed by atoms with E-state index in [2.05, 4.69) is 27.2 Å². The molecule has 0 saturated carbocycles. The quantitative estimate of drug-likeness (QED) is 0.286. The first-order chi connectivity index (χ1) is 18.1. The van der Waals surface area contributed by atoms with Crippen LogP contribution in [0.3, 0.4) is 0 Å². The molecule has 0 aliphatic rings. The molecule has 0 aliphatic carbocycles. The smallest absolute Gasteiger partial charge is 0.322 e. The summed E-state index contributed by atoms with van der Waals surface area (Å²) in [7, 11) is -4.02. The van der Waals surface area contributed by atoms with Crippen molar-refractivity contribution in [1.29, 1.82) is 0 Å². The van der Waals surface area contributed by atoms with E-state index in [0.29, 0.717) is 11.1 Å². The monoisotopic (exact) mass is 530 g/mol. The molecule has 0 spiro atoms. The first-order valence-electron chi connectivity index (χ1n) is 12.4. The molecule has 7 nitrogen and oxygen atoms in total. The van der Waals surface area contributed by atoms with Gasteiger partial charge in [-0.3, -0.25) is 10.1 Å². The van der Waals surface area contributed by atoms with Crippen molar-refractivity contribution < 1.29 is 23.6 Å². The third kappa shape index (κ3) is 6.72. The van der Waals surface area contributed by atoms with Gasteiger partial charge in [0.25, 0.3) is 0 Å². The Kier molecular flexibility index (Phi) is 8.36. The predicted octanol–water partition coefficient (Wildman–Crippen LogP) is 4.04. The lowest BCUT2D eigenvalue weighted by atomic mass is 9.99. The molecule has 4 aromatic rings. The number of nitrogens with two attached hydrogens (primary N) is 1. The van der Waals surface area contributed by atoms with Crippen LogP contribution >= 0.6 is 0 Å². The number of hydrogen-bond acceptors (Lipinski definition) is 4. The highest BCUT2D eigenvalue weighted by molar-refractivity contribution is 7.89. The van der Waals surface area contributed by atoms with Gasteiger partial charge in [0, 0.05) is 17.8 Å². The van der Waals surface area contributed by atoms with Gasteiger partial charge in [-0.1, -0.05) is 66.2 Å². The average molecular weight is 531 g/mol. The molecule has 1 heterocycles. The molecule has 4 rings (SSSR count). The normalized spacial score (nSPS) is 12.3. The molecule has 0 radical (unpaired) electrons. The van der Waals surface area contributed by atoms with Crippen LogP contribution in [0.2, 0.25) is 0 Å². The number of nitrogens with zero attached hydrogens (tertiary/aromatic N) is 1. The summed E-state index contributed by atoms with van der Waals surface area (Å²) in [6.45, 7) is 6.08. The van der Waals surface area contributed by atoms with Gasteiger partial charge in [0.15, 0.2) is 0 Å². The molecule has 4 N–H and O–H groups in total. The van der Waals surface area contributed by atoms with E-state index in [1.165, 1.54) is 0 Å². The Hall–Kier alpha value is -3.85. The van der Waals surface area contributed by atoms with Crippen LogP contribution < -0.4 is 10.0 Å². The van der Waals surface area contributed by atoms with E-state index in [0.717, 1.165) is 40.2 Å². The first-order valence-corrected chi connectivity index (χ1v) is 13.9. The van der Waals surface area contributed by atoms with E-state index < -0.39 is 22.0 Å². The van der Waals surface area contributed by atoms with Gasteiger partial charge in [-0.25, -0.2) is 13.4 Å². The van der Waals surface area contributed by atoms with Crippen molar-refractivity contribution in [2.75, 3.05) is 0 Å². The Morgan fingerprint density at radius 2 is 1.61 bits per heavy atom. The van der Waals surface area contributed by atoms with Crippen LogP contribution in [0.5, 0.6) is 0 Å². The molecule has 0 unspecified atom stereocenters. The van der Waals surface area contributed by atoms with E-state index >= 15 is 0 Å². The highest BCUT2D eigenvalue weighted by Crippen LogP contribution is 2.24. The molecule has 8 heteroatoms. The fraction of sp³-hybridized carbons (Fsp3) is 0.200. The summed E-state index contributed by atoms with van der Waals surface area (Å²) in [5.41, 5.74) is 6.04. The summed E-state index contributed by atoms with van der Waals surface area (Å²) in [4.78, 5) is 16.5. The molecule has 38 heavy (non-hydrogen) atoms. The van der Waals surface area contributed by atoms with Gasteiger partial charge in [-0.2, -0.15) is 4.72 Å². The number of carboxylic acid groups (broad SMARTS) is 1. The summed E-state index contributed by atoms with van der Waals surface area (Å²) in [6.07, 6.45) is 1.80. The Morgan fingerprint density at radius 3 is 2.24 bits per heavy atom. The van der Waals surface area contributed by atoms with Crippen molar-refractivity contribution in [3.63, 3.8) is 0 Å². The number of aliphatic carboxylic acids is 1. The average Bonchev–Trinajstić information content (AvgIpc) is 2.87. The standard InChI is InChI=1S/C30H31N3O4S/c1-20-15-21(2)29(22(3)16-20)38(36,37)33-27(30(34)35)18-23-10-12-25(13-11-23)26-8-6-7-24(17-26)19-32-28-9-4-5-14-31-28/h4-17,27,33H,18-19H2,1-3H3,(H,31,32)(H,34,35)/p+1/t27-/m0/s1. The van der Waals surface area contributed by atoms with Gasteiger partial charge in [-0.05, 0) is 67.1 Å². The van der Waals surface area contributed by atoms with Crippen LogP contribution in [0.25, 0.3) is 11.1 Å². The second kappa shape index (κ2) is 11.7. The highest BCUT2D eigenvalue weighted by Gasteiger charge is 2.28. The summed E-state index contributed by atoms with van der Waals surface area (Å²) < 4.78 is 28.7. The van der Waals surface area contributed by atoms with Crippen LogP contribution in [0.1, 0.15) is 27.8 Å².